The fourth-order valence-corrected chi connectivity index (χ4v) is 3.32. The number of aliphatic hydroxyl groups is 1. The highest BCUT2D eigenvalue weighted by atomic mass is 35.5. The summed E-state index contributed by atoms with van der Waals surface area (Å²) in [6, 6.07) is 12.9. The Bertz CT molecular complexity index is 1200. The lowest BCUT2D eigenvalue weighted by Gasteiger charge is -2.11. The lowest BCUT2D eigenvalue weighted by molar-refractivity contribution is 0.292. The third kappa shape index (κ3) is 3.18. The first kappa shape index (κ1) is 17.6. The van der Waals surface area contributed by atoms with Crippen LogP contribution in [0.15, 0.2) is 51.7 Å². The van der Waals surface area contributed by atoms with Gasteiger partial charge in [-0.25, -0.2) is 4.79 Å². The Morgan fingerprint density at radius 1 is 1.26 bits per heavy atom. The van der Waals surface area contributed by atoms with Gasteiger partial charge in [-0.1, -0.05) is 23.7 Å². The molecule has 2 heterocycles. The number of halogens is 1. The molecule has 7 heteroatoms. The average Bonchev–Trinajstić information content (AvgIpc) is 3.01. The summed E-state index contributed by atoms with van der Waals surface area (Å²) in [6.07, 6.45) is 0.538. The highest BCUT2D eigenvalue weighted by Gasteiger charge is 2.19. The highest BCUT2D eigenvalue weighted by Crippen LogP contribution is 2.34. The van der Waals surface area contributed by atoms with Gasteiger partial charge >= 0.3 is 5.69 Å². The second-order valence-electron chi connectivity index (χ2n) is 6.34. The van der Waals surface area contributed by atoms with Crippen LogP contribution in [0.1, 0.15) is 12.0 Å². The maximum Gasteiger partial charge on any atom is 0.354 e. The molecule has 2 aromatic carbocycles. The summed E-state index contributed by atoms with van der Waals surface area (Å²) in [5.41, 5.74) is 3.04. The van der Waals surface area contributed by atoms with Gasteiger partial charge in [0.2, 0.25) is 0 Å². The normalized spacial score (nSPS) is 11.4. The van der Waals surface area contributed by atoms with Crippen molar-refractivity contribution in [3.8, 4) is 5.69 Å². The smallest absolute Gasteiger partial charge is 0.354 e. The van der Waals surface area contributed by atoms with Gasteiger partial charge in [0.1, 0.15) is 11.1 Å². The number of aliphatic hydroxyl groups excluding tert-OH is 1. The molecular weight excluding hydrogens is 366 g/mol. The molecule has 0 spiro atoms. The van der Waals surface area contributed by atoms with Crippen molar-refractivity contribution in [1.29, 1.82) is 0 Å². The summed E-state index contributed by atoms with van der Waals surface area (Å²) in [5, 5.41) is 13.4. The highest BCUT2D eigenvalue weighted by molar-refractivity contribution is 6.31. The number of hydrogen-bond donors (Lipinski definition) is 2. The Balaban J connectivity index is 2.07. The van der Waals surface area contributed by atoms with Gasteiger partial charge in [0.25, 0.3) is 0 Å². The fraction of sp³-hybridized carbons (Fsp3) is 0.200. The Hall–Kier alpha value is -2.83. The number of furan rings is 1. The van der Waals surface area contributed by atoms with E-state index in [1.165, 1.54) is 0 Å². The van der Waals surface area contributed by atoms with Crippen LogP contribution in [0.25, 0.3) is 27.8 Å². The maximum atomic E-state index is 12.9. The molecule has 0 unspecified atom stereocenters. The van der Waals surface area contributed by atoms with Crippen LogP contribution in [0, 0.1) is 6.92 Å². The second kappa shape index (κ2) is 7.06. The minimum atomic E-state index is -0.415. The zero-order valence-electron chi connectivity index (χ0n) is 14.7. The molecular formula is C20H18ClN3O3. The van der Waals surface area contributed by atoms with Crippen molar-refractivity contribution in [1.82, 2.24) is 9.55 Å². The second-order valence-corrected chi connectivity index (χ2v) is 6.78. The lowest BCUT2D eigenvalue weighted by Crippen LogP contribution is -2.23. The minimum absolute atomic E-state index is 0.0479. The van der Waals surface area contributed by atoms with E-state index in [4.69, 9.17) is 21.1 Å². The quantitative estimate of drug-likeness (QED) is 0.511. The molecule has 0 atom stereocenters. The van der Waals surface area contributed by atoms with Gasteiger partial charge in [-0.15, -0.1) is 0 Å². The Labute approximate surface area is 160 Å². The SMILES string of the molecule is Cc1cccc(-n2c(=O)nc(NCCCO)c3oc4ccc(Cl)cc4c32)c1. The summed E-state index contributed by atoms with van der Waals surface area (Å²) in [6.45, 7) is 2.49. The van der Waals surface area contributed by atoms with Gasteiger partial charge in [-0.05, 0) is 49.2 Å². The first-order chi connectivity index (χ1) is 13.1. The summed E-state index contributed by atoms with van der Waals surface area (Å²) >= 11 is 6.19. The van der Waals surface area contributed by atoms with Crippen LogP contribution >= 0.6 is 11.6 Å². The van der Waals surface area contributed by atoms with Crippen molar-refractivity contribution in [2.45, 2.75) is 13.3 Å². The molecule has 0 radical (unpaired) electrons. The van der Waals surface area contributed by atoms with Crippen LogP contribution in [0.4, 0.5) is 5.82 Å². The molecule has 0 aliphatic rings. The maximum absolute atomic E-state index is 12.9. The molecule has 0 aliphatic carbocycles. The minimum Gasteiger partial charge on any atom is -0.450 e. The molecule has 0 bridgehead atoms. The summed E-state index contributed by atoms with van der Waals surface area (Å²) in [7, 11) is 0. The molecule has 2 aromatic heterocycles. The Morgan fingerprint density at radius 2 is 2.11 bits per heavy atom. The van der Waals surface area contributed by atoms with Crippen molar-refractivity contribution in [2.24, 2.45) is 0 Å². The number of benzene rings is 2. The molecule has 0 amide bonds. The molecule has 6 nitrogen and oxygen atoms in total. The number of nitrogens with one attached hydrogen (secondary N) is 1. The fourth-order valence-electron chi connectivity index (χ4n) is 3.14. The van der Waals surface area contributed by atoms with E-state index < -0.39 is 5.69 Å². The van der Waals surface area contributed by atoms with E-state index in [2.05, 4.69) is 10.3 Å². The van der Waals surface area contributed by atoms with Gasteiger partial charge in [-0.2, -0.15) is 4.98 Å². The number of nitrogens with zero attached hydrogens (tertiary/aromatic N) is 2. The van der Waals surface area contributed by atoms with Crippen molar-refractivity contribution in [3.05, 3.63) is 63.5 Å². The predicted octanol–water partition coefficient (Wildman–Crippen LogP) is 3.89. The first-order valence-electron chi connectivity index (χ1n) is 8.65. The van der Waals surface area contributed by atoms with Crippen LogP contribution in [-0.2, 0) is 0 Å². The van der Waals surface area contributed by atoms with Gasteiger partial charge in [0, 0.05) is 23.6 Å². The van der Waals surface area contributed by atoms with Crippen molar-refractivity contribution in [2.75, 3.05) is 18.5 Å². The molecule has 4 rings (SSSR count). The third-order valence-electron chi connectivity index (χ3n) is 4.35. The number of fused-ring (bicyclic) bond motifs is 3. The molecule has 27 heavy (non-hydrogen) atoms. The molecule has 0 aliphatic heterocycles. The topological polar surface area (TPSA) is 80.3 Å². The Kier molecular flexibility index (Phi) is 4.59. The number of anilines is 1. The van der Waals surface area contributed by atoms with Gasteiger partial charge < -0.3 is 14.8 Å². The molecule has 4 aromatic rings. The van der Waals surface area contributed by atoms with E-state index in [0.717, 1.165) is 10.9 Å². The van der Waals surface area contributed by atoms with Crippen LogP contribution in [0.5, 0.6) is 0 Å². The van der Waals surface area contributed by atoms with Crippen molar-refractivity contribution >= 4 is 39.5 Å². The number of aryl methyl sites for hydroxylation is 1. The predicted molar refractivity (Wildman–Crippen MR) is 107 cm³/mol. The molecule has 0 saturated carbocycles. The van der Waals surface area contributed by atoms with E-state index in [9.17, 15) is 4.79 Å². The third-order valence-corrected chi connectivity index (χ3v) is 4.58. The summed E-state index contributed by atoms with van der Waals surface area (Å²) < 4.78 is 7.55. The van der Waals surface area contributed by atoms with Crippen molar-refractivity contribution < 1.29 is 9.52 Å². The summed E-state index contributed by atoms with van der Waals surface area (Å²) in [5.74, 6) is 0.361. The zero-order valence-corrected chi connectivity index (χ0v) is 15.5. The van der Waals surface area contributed by atoms with E-state index in [1.54, 1.807) is 22.8 Å². The van der Waals surface area contributed by atoms with E-state index in [0.29, 0.717) is 46.2 Å². The van der Waals surface area contributed by atoms with Crippen LogP contribution < -0.4 is 11.0 Å². The molecule has 2 N–H and O–H groups in total. The van der Waals surface area contributed by atoms with Gasteiger partial charge in [0.05, 0.1) is 5.69 Å². The first-order valence-corrected chi connectivity index (χ1v) is 9.03. The lowest BCUT2D eigenvalue weighted by atomic mass is 10.2. The number of hydrogen-bond acceptors (Lipinski definition) is 5. The monoisotopic (exact) mass is 383 g/mol. The van der Waals surface area contributed by atoms with Crippen LogP contribution in [0.2, 0.25) is 5.02 Å². The molecule has 138 valence electrons. The largest absolute Gasteiger partial charge is 0.450 e. The van der Waals surface area contributed by atoms with E-state index >= 15 is 0 Å². The summed E-state index contributed by atoms with van der Waals surface area (Å²) in [4.78, 5) is 17.1. The van der Waals surface area contributed by atoms with Gasteiger partial charge in [-0.3, -0.25) is 4.57 Å². The number of aromatic nitrogens is 2. The van der Waals surface area contributed by atoms with E-state index in [-0.39, 0.29) is 6.61 Å². The van der Waals surface area contributed by atoms with Crippen LogP contribution in [-0.4, -0.2) is 27.8 Å². The van der Waals surface area contributed by atoms with Crippen molar-refractivity contribution in [3.63, 3.8) is 0 Å². The molecule has 0 saturated heterocycles. The van der Waals surface area contributed by atoms with Crippen LogP contribution in [0.3, 0.4) is 0 Å². The van der Waals surface area contributed by atoms with Gasteiger partial charge in [0.15, 0.2) is 11.4 Å². The average molecular weight is 384 g/mol. The standard InChI is InChI=1S/C20H18ClN3O3/c1-12-4-2-5-14(10-12)24-17-15-11-13(21)6-7-16(15)27-18(17)19(23-20(24)26)22-8-3-9-25/h2,4-7,10-11,25H,3,8-9H2,1H3,(H,22,23,26). The Morgan fingerprint density at radius 3 is 2.89 bits per heavy atom. The molecule has 0 fully saturated rings. The number of rotatable bonds is 5. The van der Waals surface area contributed by atoms with E-state index in [1.807, 2.05) is 31.2 Å². The zero-order chi connectivity index (χ0) is 19.0.